The molecule has 0 aliphatic heterocycles. The first-order chi connectivity index (χ1) is 7.52. The second kappa shape index (κ2) is 4.05. The van der Waals surface area contributed by atoms with E-state index in [4.69, 9.17) is 5.73 Å². The smallest absolute Gasteiger partial charge is 0.166 e. The highest BCUT2D eigenvalue weighted by Gasteiger charge is 2.32. The molecule has 0 heterocycles. The first-order valence-electron chi connectivity index (χ1n) is 5.11. The van der Waals surface area contributed by atoms with Gasteiger partial charge in [0.25, 0.3) is 0 Å². The molecule has 1 atom stereocenters. The number of rotatable bonds is 2. The Labute approximate surface area is 90.3 Å². The lowest BCUT2D eigenvalue weighted by Crippen LogP contribution is -2.29. The molecule has 1 aromatic rings. The molecule has 0 spiro atoms. The van der Waals surface area contributed by atoms with Crippen LogP contribution in [0.5, 0.6) is 0 Å². The Kier molecular flexibility index (Phi) is 2.88. The maximum absolute atomic E-state index is 13.4. The standard InChI is InChI=1S/C11H11F4N/c12-6-4-7(13)10(15)8(9(6)14)11(16)5-2-1-3-5/h4-5,11H,1-3,16H2/t11-/m1/s1. The van der Waals surface area contributed by atoms with Crippen molar-refractivity contribution in [3.63, 3.8) is 0 Å². The van der Waals surface area contributed by atoms with E-state index in [1.54, 1.807) is 0 Å². The number of halogens is 4. The minimum atomic E-state index is -1.40. The van der Waals surface area contributed by atoms with Crippen LogP contribution in [0.4, 0.5) is 17.6 Å². The van der Waals surface area contributed by atoms with E-state index in [1.165, 1.54) is 0 Å². The number of nitrogens with two attached hydrogens (primary N) is 1. The van der Waals surface area contributed by atoms with Crippen LogP contribution >= 0.6 is 0 Å². The van der Waals surface area contributed by atoms with Gasteiger partial charge in [-0.15, -0.1) is 0 Å². The van der Waals surface area contributed by atoms with Gasteiger partial charge in [0.2, 0.25) is 0 Å². The molecule has 1 aliphatic carbocycles. The zero-order valence-electron chi connectivity index (χ0n) is 8.44. The maximum Gasteiger partial charge on any atom is 0.166 e. The Morgan fingerprint density at radius 3 is 1.94 bits per heavy atom. The third-order valence-electron chi connectivity index (χ3n) is 3.14. The minimum Gasteiger partial charge on any atom is -0.324 e. The van der Waals surface area contributed by atoms with Gasteiger partial charge in [-0.2, -0.15) is 0 Å². The zero-order chi connectivity index (χ0) is 11.9. The maximum atomic E-state index is 13.4. The lowest BCUT2D eigenvalue weighted by Gasteiger charge is -2.31. The molecule has 2 N–H and O–H groups in total. The molecule has 1 aromatic carbocycles. The van der Waals surface area contributed by atoms with Gasteiger partial charge in [-0.3, -0.25) is 0 Å². The normalized spacial score (nSPS) is 18.3. The van der Waals surface area contributed by atoms with E-state index < -0.39 is 34.9 Å². The van der Waals surface area contributed by atoms with E-state index in [9.17, 15) is 17.6 Å². The van der Waals surface area contributed by atoms with E-state index >= 15 is 0 Å². The van der Waals surface area contributed by atoms with Gasteiger partial charge in [0, 0.05) is 17.7 Å². The van der Waals surface area contributed by atoms with Crippen LogP contribution in [0.2, 0.25) is 0 Å². The van der Waals surface area contributed by atoms with Crippen LogP contribution in [0.1, 0.15) is 30.9 Å². The van der Waals surface area contributed by atoms with E-state index in [0.29, 0.717) is 0 Å². The van der Waals surface area contributed by atoms with Crippen LogP contribution in [-0.2, 0) is 0 Å². The highest BCUT2D eigenvalue weighted by atomic mass is 19.2. The summed E-state index contributed by atoms with van der Waals surface area (Å²) in [6.45, 7) is 0. The molecule has 1 saturated carbocycles. The molecular formula is C11H11F4N. The van der Waals surface area contributed by atoms with Crippen molar-refractivity contribution in [2.24, 2.45) is 11.7 Å². The largest absolute Gasteiger partial charge is 0.324 e. The molecular weight excluding hydrogens is 222 g/mol. The second-order valence-electron chi connectivity index (χ2n) is 4.10. The molecule has 0 amide bonds. The summed E-state index contributed by atoms with van der Waals surface area (Å²) in [4.78, 5) is 0. The fraction of sp³-hybridized carbons (Fsp3) is 0.455. The van der Waals surface area contributed by atoms with E-state index in [2.05, 4.69) is 0 Å². The molecule has 0 saturated heterocycles. The molecule has 1 nitrogen and oxygen atoms in total. The first-order valence-corrected chi connectivity index (χ1v) is 5.11. The molecule has 1 aliphatic rings. The van der Waals surface area contributed by atoms with E-state index in [0.717, 1.165) is 19.3 Å². The van der Waals surface area contributed by atoms with Gasteiger partial charge >= 0.3 is 0 Å². The Bertz CT molecular complexity index is 389. The van der Waals surface area contributed by atoms with Crippen molar-refractivity contribution in [1.82, 2.24) is 0 Å². The molecule has 0 aromatic heterocycles. The summed E-state index contributed by atoms with van der Waals surface area (Å²) in [6, 6.07) is -0.777. The molecule has 16 heavy (non-hydrogen) atoms. The van der Waals surface area contributed by atoms with Crippen molar-refractivity contribution in [1.29, 1.82) is 0 Å². The Hall–Kier alpha value is -1.10. The van der Waals surface area contributed by atoms with Crippen LogP contribution in [0.3, 0.4) is 0 Å². The Balaban J connectivity index is 2.45. The summed E-state index contributed by atoms with van der Waals surface area (Å²) in [7, 11) is 0. The van der Waals surface area contributed by atoms with Crippen molar-refractivity contribution in [2.45, 2.75) is 25.3 Å². The predicted molar refractivity (Wildman–Crippen MR) is 50.5 cm³/mol. The van der Waals surface area contributed by atoms with Gasteiger partial charge in [0.15, 0.2) is 23.3 Å². The average Bonchev–Trinajstić information content (AvgIpc) is 2.12. The monoisotopic (exact) mass is 233 g/mol. The summed E-state index contributed by atoms with van der Waals surface area (Å²) in [5, 5.41) is 0. The third-order valence-corrected chi connectivity index (χ3v) is 3.14. The summed E-state index contributed by atoms with van der Waals surface area (Å²) in [5.74, 6) is -5.64. The zero-order valence-corrected chi connectivity index (χ0v) is 8.44. The molecule has 0 bridgehead atoms. The van der Waals surface area contributed by atoms with Crippen molar-refractivity contribution >= 4 is 0 Å². The second-order valence-corrected chi connectivity index (χ2v) is 4.10. The summed E-state index contributed by atoms with van der Waals surface area (Å²) >= 11 is 0. The molecule has 5 heteroatoms. The van der Waals surface area contributed by atoms with Gasteiger partial charge < -0.3 is 5.73 Å². The van der Waals surface area contributed by atoms with Gasteiger partial charge in [-0.1, -0.05) is 6.42 Å². The van der Waals surface area contributed by atoms with Gasteiger partial charge in [-0.25, -0.2) is 17.6 Å². The average molecular weight is 233 g/mol. The van der Waals surface area contributed by atoms with Crippen molar-refractivity contribution in [2.75, 3.05) is 0 Å². The topological polar surface area (TPSA) is 26.0 Å². The van der Waals surface area contributed by atoms with E-state index in [1.807, 2.05) is 0 Å². The number of hydrogen-bond acceptors (Lipinski definition) is 1. The Morgan fingerprint density at radius 1 is 1.06 bits per heavy atom. The van der Waals surface area contributed by atoms with Gasteiger partial charge in [-0.05, 0) is 18.8 Å². The molecule has 88 valence electrons. The molecule has 0 radical (unpaired) electrons. The number of benzene rings is 1. The third kappa shape index (κ3) is 1.69. The van der Waals surface area contributed by atoms with Crippen LogP contribution in [0.15, 0.2) is 6.07 Å². The summed E-state index contributed by atoms with van der Waals surface area (Å²) in [5.41, 5.74) is 4.96. The lowest BCUT2D eigenvalue weighted by molar-refractivity contribution is 0.252. The number of hydrogen-bond donors (Lipinski definition) is 1. The fourth-order valence-corrected chi connectivity index (χ4v) is 1.92. The SMILES string of the molecule is N[C@@H](c1c(F)c(F)cc(F)c1F)C1CCC1. The quantitative estimate of drug-likeness (QED) is 0.616. The molecule has 1 fully saturated rings. The summed E-state index contributed by atoms with van der Waals surface area (Å²) < 4.78 is 52.6. The van der Waals surface area contributed by atoms with Gasteiger partial charge in [0.1, 0.15) is 0 Å². The van der Waals surface area contributed by atoms with Crippen LogP contribution < -0.4 is 5.73 Å². The highest BCUT2D eigenvalue weighted by molar-refractivity contribution is 5.26. The van der Waals surface area contributed by atoms with Crippen molar-refractivity contribution in [3.8, 4) is 0 Å². The first kappa shape index (κ1) is 11.4. The minimum absolute atomic E-state index is 0.0924. The highest BCUT2D eigenvalue weighted by Crippen LogP contribution is 2.38. The summed E-state index contributed by atoms with van der Waals surface area (Å²) in [6.07, 6.45) is 2.40. The van der Waals surface area contributed by atoms with Crippen molar-refractivity contribution in [3.05, 3.63) is 34.9 Å². The predicted octanol–water partition coefficient (Wildman–Crippen LogP) is 3.04. The fourth-order valence-electron chi connectivity index (χ4n) is 1.92. The van der Waals surface area contributed by atoms with Gasteiger partial charge in [0.05, 0.1) is 0 Å². The lowest BCUT2D eigenvalue weighted by atomic mass is 9.77. The van der Waals surface area contributed by atoms with E-state index in [-0.39, 0.29) is 12.0 Å². The Morgan fingerprint density at radius 2 is 1.56 bits per heavy atom. The van der Waals surface area contributed by atoms with Crippen LogP contribution in [-0.4, -0.2) is 0 Å². The molecule has 2 rings (SSSR count). The molecule has 0 unspecified atom stereocenters. The van der Waals surface area contributed by atoms with Crippen molar-refractivity contribution < 1.29 is 17.6 Å². The van der Waals surface area contributed by atoms with Crippen LogP contribution in [0, 0.1) is 29.2 Å². The van der Waals surface area contributed by atoms with Crippen LogP contribution in [0.25, 0.3) is 0 Å².